The lowest BCUT2D eigenvalue weighted by Gasteiger charge is -2.15. The molecule has 1 amide bonds. The minimum atomic E-state index is -0.980. The van der Waals surface area contributed by atoms with Gasteiger partial charge in [0.15, 0.2) is 6.10 Å². The molecule has 0 saturated heterocycles. The number of aromatic nitrogens is 1. The van der Waals surface area contributed by atoms with Crippen molar-refractivity contribution in [2.45, 2.75) is 13.0 Å². The number of hydrogen-bond donors (Lipinski definition) is 1. The third kappa shape index (κ3) is 3.64. The number of methoxy groups -OCH3 is 1. The van der Waals surface area contributed by atoms with Crippen LogP contribution in [0.4, 0.5) is 5.69 Å². The standard InChI is InChI=1S/C20H18N2O4/c1-13(26-20(24)16-10-6-12-21-19(16)25-2)18(23)22-17-11-5-8-14-7-3-4-9-15(14)17/h3-13H,1-2H3,(H,22,23). The fraction of sp³-hybridized carbons (Fsp3) is 0.150. The van der Waals surface area contributed by atoms with Crippen molar-refractivity contribution in [3.63, 3.8) is 0 Å². The summed E-state index contributed by atoms with van der Waals surface area (Å²) in [7, 11) is 1.41. The van der Waals surface area contributed by atoms with Crippen LogP contribution in [0.25, 0.3) is 10.8 Å². The molecule has 1 unspecified atom stereocenters. The molecule has 3 rings (SSSR count). The van der Waals surface area contributed by atoms with Crippen LogP contribution in [0.15, 0.2) is 60.8 Å². The summed E-state index contributed by atoms with van der Waals surface area (Å²) in [6.45, 7) is 1.52. The molecule has 6 heteroatoms. The lowest BCUT2D eigenvalue weighted by Crippen LogP contribution is -2.30. The van der Waals surface area contributed by atoms with Gasteiger partial charge in [0, 0.05) is 17.3 Å². The van der Waals surface area contributed by atoms with Crippen molar-refractivity contribution < 1.29 is 19.1 Å². The van der Waals surface area contributed by atoms with E-state index in [0.29, 0.717) is 5.69 Å². The number of benzene rings is 2. The van der Waals surface area contributed by atoms with E-state index in [1.165, 1.54) is 26.3 Å². The van der Waals surface area contributed by atoms with Crippen molar-refractivity contribution in [1.82, 2.24) is 4.98 Å². The molecule has 0 aliphatic heterocycles. The highest BCUT2D eigenvalue weighted by Crippen LogP contribution is 2.23. The SMILES string of the molecule is COc1ncccc1C(=O)OC(C)C(=O)Nc1cccc2ccccc12. The summed E-state index contributed by atoms with van der Waals surface area (Å²) in [4.78, 5) is 28.7. The highest BCUT2D eigenvalue weighted by atomic mass is 16.5. The second-order valence-corrected chi connectivity index (χ2v) is 5.62. The number of hydrogen-bond acceptors (Lipinski definition) is 5. The summed E-state index contributed by atoms with van der Waals surface area (Å²) in [6.07, 6.45) is 0.526. The smallest absolute Gasteiger partial charge is 0.344 e. The quantitative estimate of drug-likeness (QED) is 0.713. The Balaban J connectivity index is 1.72. The monoisotopic (exact) mass is 350 g/mol. The number of anilines is 1. The van der Waals surface area contributed by atoms with E-state index in [1.54, 1.807) is 12.1 Å². The number of carbonyl (C=O) groups is 2. The number of nitrogens with one attached hydrogen (secondary N) is 1. The van der Waals surface area contributed by atoms with Gasteiger partial charge in [-0.05, 0) is 30.5 Å². The Morgan fingerprint density at radius 2 is 1.81 bits per heavy atom. The van der Waals surface area contributed by atoms with Crippen LogP contribution in [0, 0.1) is 0 Å². The molecule has 6 nitrogen and oxygen atoms in total. The molecule has 0 bridgehead atoms. The highest BCUT2D eigenvalue weighted by Gasteiger charge is 2.22. The van der Waals surface area contributed by atoms with E-state index in [1.807, 2.05) is 36.4 Å². The van der Waals surface area contributed by atoms with Crippen molar-refractivity contribution in [3.8, 4) is 5.88 Å². The number of amides is 1. The summed E-state index contributed by atoms with van der Waals surface area (Å²) in [5.74, 6) is -0.938. The largest absolute Gasteiger partial charge is 0.480 e. The maximum Gasteiger partial charge on any atom is 0.344 e. The lowest BCUT2D eigenvalue weighted by atomic mass is 10.1. The van der Waals surface area contributed by atoms with Crippen molar-refractivity contribution >= 4 is 28.3 Å². The van der Waals surface area contributed by atoms with Gasteiger partial charge in [-0.25, -0.2) is 9.78 Å². The molecule has 1 heterocycles. The van der Waals surface area contributed by atoms with Crippen LogP contribution in [-0.4, -0.2) is 30.1 Å². The number of nitrogens with zero attached hydrogens (tertiary/aromatic N) is 1. The summed E-state index contributed by atoms with van der Waals surface area (Å²) in [5, 5.41) is 4.73. The van der Waals surface area contributed by atoms with E-state index in [-0.39, 0.29) is 11.4 Å². The first-order chi connectivity index (χ1) is 12.6. The van der Waals surface area contributed by atoms with Gasteiger partial charge in [0.2, 0.25) is 5.88 Å². The fourth-order valence-corrected chi connectivity index (χ4v) is 2.56. The fourth-order valence-electron chi connectivity index (χ4n) is 2.56. The zero-order valence-electron chi connectivity index (χ0n) is 14.4. The first kappa shape index (κ1) is 17.4. The number of fused-ring (bicyclic) bond motifs is 1. The zero-order chi connectivity index (χ0) is 18.5. The van der Waals surface area contributed by atoms with Gasteiger partial charge in [0.25, 0.3) is 5.91 Å². The van der Waals surface area contributed by atoms with Crippen LogP contribution in [0.1, 0.15) is 17.3 Å². The maximum absolute atomic E-state index is 12.4. The molecule has 0 fully saturated rings. The van der Waals surface area contributed by atoms with Gasteiger partial charge in [-0.1, -0.05) is 36.4 Å². The molecular weight excluding hydrogens is 332 g/mol. The van der Waals surface area contributed by atoms with E-state index < -0.39 is 18.0 Å². The topological polar surface area (TPSA) is 77.5 Å². The van der Waals surface area contributed by atoms with Crippen LogP contribution >= 0.6 is 0 Å². The molecule has 1 aromatic heterocycles. The van der Waals surface area contributed by atoms with E-state index in [4.69, 9.17) is 9.47 Å². The molecule has 0 radical (unpaired) electrons. The normalized spacial score (nSPS) is 11.6. The number of esters is 1. The van der Waals surface area contributed by atoms with Gasteiger partial charge in [-0.15, -0.1) is 0 Å². The molecule has 0 aliphatic rings. The lowest BCUT2D eigenvalue weighted by molar-refractivity contribution is -0.123. The first-order valence-corrected chi connectivity index (χ1v) is 8.08. The molecule has 26 heavy (non-hydrogen) atoms. The van der Waals surface area contributed by atoms with Gasteiger partial charge >= 0.3 is 5.97 Å². The average Bonchev–Trinajstić information content (AvgIpc) is 2.68. The third-order valence-electron chi connectivity index (χ3n) is 3.88. The average molecular weight is 350 g/mol. The van der Waals surface area contributed by atoms with Gasteiger partial charge in [0.1, 0.15) is 5.56 Å². The van der Waals surface area contributed by atoms with E-state index in [9.17, 15) is 9.59 Å². The first-order valence-electron chi connectivity index (χ1n) is 8.08. The Bertz CT molecular complexity index is 950. The summed E-state index contributed by atoms with van der Waals surface area (Å²) >= 11 is 0. The Hall–Kier alpha value is -3.41. The molecule has 1 atom stereocenters. The van der Waals surface area contributed by atoms with Crippen LogP contribution in [-0.2, 0) is 9.53 Å². The maximum atomic E-state index is 12.4. The van der Waals surface area contributed by atoms with Gasteiger partial charge < -0.3 is 14.8 Å². The second-order valence-electron chi connectivity index (χ2n) is 5.62. The predicted octanol–water partition coefficient (Wildman–Crippen LogP) is 3.43. The Kier molecular flexibility index (Phi) is 5.12. The van der Waals surface area contributed by atoms with E-state index in [2.05, 4.69) is 10.3 Å². The second kappa shape index (κ2) is 7.65. The van der Waals surface area contributed by atoms with Crippen molar-refractivity contribution in [2.75, 3.05) is 12.4 Å². The van der Waals surface area contributed by atoms with Crippen molar-refractivity contribution in [2.24, 2.45) is 0 Å². The third-order valence-corrected chi connectivity index (χ3v) is 3.88. The number of carbonyl (C=O) groups excluding carboxylic acids is 2. The number of rotatable bonds is 5. The van der Waals surface area contributed by atoms with Gasteiger partial charge in [-0.2, -0.15) is 0 Å². The summed E-state index contributed by atoms with van der Waals surface area (Å²) in [6, 6.07) is 16.5. The summed E-state index contributed by atoms with van der Waals surface area (Å²) < 4.78 is 10.3. The summed E-state index contributed by atoms with van der Waals surface area (Å²) in [5.41, 5.74) is 0.828. The van der Waals surface area contributed by atoms with Crippen LogP contribution in [0.3, 0.4) is 0 Å². The Morgan fingerprint density at radius 3 is 2.62 bits per heavy atom. The van der Waals surface area contributed by atoms with Crippen LogP contribution in [0.2, 0.25) is 0 Å². The zero-order valence-corrected chi connectivity index (χ0v) is 14.4. The molecule has 2 aromatic carbocycles. The molecule has 0 spiro atoms. The minimum Gasteiger partial charge on any atom is -0.480 e. The van der Waals surface area contributed by atoms with E-state index >= 15 is 0 Å². The molecular formula is C20H18N2O4. The molecule has 0 saturated carbocycles. The predicted molar refractivity (Wildman–Crippen MR) is 98.2 cm³/mol. The number of ether oxygens (including phenoxy) is 2. The van der Waals surface area contributed by atoms with Crippen molar-refractivity contribution in [3.05, 3.63) is 66.4 Å². The molecule has 0 aliphatic carbocycles. The van der Waals surface area contributed by atoms with Crippen LogP contribution in [0.5, 0.6) is 5.88 Å². The van der Waals surface area contributed by atoms with Crippen LogP contribution < -0.4 is 10.1 Å². The molecule has 132 valence electrons. The molecule has 3 aromatic rings. The highest BCUT2D eigenvalue weighted by molar-refractivity contribution is 6.04. The van der Waals surface area contributed by atoms with E-state index in [0.717, 1.165) is 10.8 Å². The van der Waals surface area contributed by atoms with Crippen molar-refractivity contribution in [1.29, 1.82) is 0 Å². The Morgan fingerprint density at radius 1 is 1.04 bits per heavy atom. The minimum absolute atomic E-state index is 0.152. The molecule has 1 N–H and O–H groups in total. The van der Waals surface area contributed by atoms with Gasteiger partial charge in [0.05, 0.1) is 7.11 Å². The number of pyridine rings is 1. The Labute approximate surface area is 150 Å². The van der Waals surface area contributed by atoms with Gasteiger partial charge in [-0.3, -0.25) is 4.79 Å².